The number of hydrogen-bond donors (Lipinski definition) is 1. The lowest BCUT2D eigenvalue weighted by molar-refractivity contribution is -0.134. The van der Waals surface area contributed by atoms with Crippen molar-refractivity contribution in [1.29, 1.82) is 0 Å². The Bertz CT molecular complexity index is 692. The number of hydrogen-bond acceptors (Lipinski definition) is 3. The molecule has 0 aliphatic carbocycles. The lowest BCUT2D eigenvalue weighted by Gasteiger charge is -2.37. The van der Waals surface area contributed by atoms with E-state index in [-0.39, 0.29) is 30.3 Å². The molecule has 3 rings (SSSR count). The summed E-state index contributed by atoms with van der Waals surface area (Å²) in [6.45, 7) is 6.64. The highest BCUT2D eigenvalue weighted by molar-refractivity contribution is 5.85. The van der Waals surface area contributed by atoms with Gasteiger partial charge in [0.1, 0.15) is 0 Å². The Morgan fingerprint density at radius 3 is 2.84 bits per heavy atom. The molecule has 1 aliphatic rings. The molecule has 5 heteroatoms. The quantitative estimate of drug-likeness (QED) is 0.909. The molecule has 2 unspecified atom stereocenters. The van der Waals surface area contributed by atoms with Gasteiger partial charge in [-0.15, -0.1) is 12.4 Å². The molecule has 1 aromatic heterocycles. The zero-order valence-corrected chi connectivity index (χ0v) is 15.6. The maximum atomic E-state index is 13.0. The molecule has 1 aromatic carbocycles. The molecule has 1 N–H and O–H groups in total. The van der Waals surface area contributed by atoms with Gasteiger partial charge in [0.2, 0.25) is 5.91 Å². The summed E-state index contributed by atoms with van der Waals surface area (Å²) >= 11 is 0. The molecule has 134 valence electrons. The molecule has 0 saturated carbocycles. The molecule has 2 atom stereocenters. The van der Waals surface area contributed by atoms with Gasteiger partial charge in [0.05, 0.1) is 6.04 Å². The molecule has 4 nitrogen and oxygen atoms in total. The van der Waals surface area contributed by atoms with Crippen LogP contribution in [0.1, 0.15) is 42.0 Å². The average Bonchev–Trinajstić information content (AvgIpc) is 2.62. The monoisotopic (exact) mass is 359 g/mol. The number of benzene rings is 1. The van der Waals surface area contributed by atoms with Crippen molar-refractivity contribution in [3.8, 4) is 0 Å². The summed E-state index contributed by atoms with van der Waals surface area (Å²) in [6.07, 6.45) is 4.18. The number of pyridine rings is 1. The van der Waals surface area contributed by atoms with E-state index in [1.165, 1.54) is 11.1 Å². The van der Waals surface area contributed by atoms with Gasteiger partial charge in [-0.05, 0) is 35.6 Å². The van der Waals surface area contributed by atoms with Gasteiger partial charge >= 0.3 is 0 Å². The predicted molar refractivity (Wildman–Crippen MR) is 103 cm³/mol. The number of rotatable bonds is 4. The minimum absolute atomic E-state index is 0. The van der Waals surface area contributed by atoms with E-state index in [9.17, 15) is 4.79 Å². The molecule has 2 heterocycles. The van der Waals surface area contributed by atoms with Gasteiger partial charge in [0.25, 0.3) is 0 Å². The van der Waals surface area contributed by atoms with Crippen LogP contribution in [0.5, 0.6) is 0 Å². The minimum atomic E-state index is 0. The molecular formula is C20H26ClN3O. The second-order valence-electron chi connectivity index (χ2n) is 6.56. The van der Waals surface area contributed by atoms with Crippen LogP contribution in [0.4, 0.5) is 0 Å². The largest absolute Gasteiger partial charge is 0.333 e. The number of halogens is 1. The summed E-state index contributed by atoms with van der Waals surface area (Å²) in [6, 6.07) is 12.4. The highest BCUT2D eigenvalue weighted by Crippen LogP contribution is 2.27. The van der Waals surface area contributed by atoms with Gasteiger partial charge in [-0.1, -0.05) is 37.3 Å². The summed E-state index contributed by atoms with van der Waals surface area (Å²) in [5.41, 5.74) is 3.61. The number of carbonyl (C=O) groups excluding carboxylic acids is 1. The van der Waals surface area contributed by atoms with E-state index in [0.717, 1.165) is 25.2 Å². The van der Waals surface area contributed by atoms with Crippen molar-refractivity contribution in [3.63, 3.8) is 0 Å². The molecule has 25 heavy (non-hydrogen) atoms. The van der Waals surface area contributed by atoms with Crippen molar-refractivity contribution in [2.45, 2.75) is 32.2 Å². The van der Waals surface area contributed by atoms with Crippen LogP contribution in [0.3, 0.4) is 0 Å². The van der Waals surface area contributed by atoms with E-state index in [1.807, 2.05) is 29.3 Å². The Morgan fingerprint density at radius 1 is 1.32 bits per heavy atom. The number of aromatic nitrogens is 1. The van der Waals surface area contributed by atoms with Crippen LogP contribution in [0.25, 0.3) is 0 Å². The van der Waals surface area contributed by atoms with Crippen LogP contribution < -0.4 is 5.32 Å². The topological polar surface area (TPSA) is 45.2 Å². The fraction of sp³-hybridized carbons (Fsp3) is 0.400. The van der Waals surface area contributed by atoms with Crippen molar-refractivity contribution in [2.24, 2.45) is 0 Å². The Hall–Kier alpha value is -1.91. The van der Waals surface area contributed by atoms with Gasteiger partial charge < -0.3 is 10.2 Å². The van der Waals surface area contributed by atoms with Crippen LogP contribution in [0.2, 0.25) is 0 Å². The second-order valence-corrected chi connectivity index (χ2v) is 6.56. The Balaban J connectivity index is 0.00000225. The van der Waals surface area contributed by atoms with Crippen LogP contribution in [-0.2, 0) is 4.79 Å². The maximum Gasteiger partial charge on any atom is 0.223 e. The molecule has 1 amide bonds. The van der Waals surface area contributed by atoms with Crippen molar-refractivity contribution in [3.05, 3.63) is 65.5 Å². The number of amides is 1. The summed E-state index contributed by atoms with van der Waals surface area (Å²) in [7, 11) is 0. The predicted octanol–water partition coefficient (Wildman–Crippen LogP) is 3.48. The van der Waals surface area contributed by atoms with Crippen LogP contribution in [0, 0.1) is 6.92 Å². The molecule has 2 aromatic rings. The van der Waals surface area contributed by atoms with Crippen molar-refractivity contribution in [1.82, 2.24) is 15.2 Å². The SMILES string of the molecule is Cc1ccccc1C(C)CC(=O)N1CCNCC1c1cccnc1.Cl. The van der Waals surface area contributed by atoms with Crippen LogP contribution in [-0.4, -0.2) is 35.4 Å². The lowest BCUT2D eigenvalue weighted by Crippen LogP contribution is -2.48. The summed E-state index contributed by atoms with van der Waals surface area (Å²) in [4.78, 5) is 19.2. The fourth-order valence-corrected chi connectivity index (χ4v) is 3.50. The normalized spacial score (nSPS) is 18.3. The Labute approximate surface area is 156 Å². The van der Waals surface area contributed by atoms with Gasteiger partial charge in [0, 0.05) is 38.4 Å². The standard InChI is InChI=1S/C20H25N3O.ClH/c1-15-6-3-4-8-18(15)16(2)12-20(24)23-11-10-22-14-19(23)17-7-5-9-21-13-17;/h3-9,13,16,19,22H,10-12,14H2,1-2H3;1H. The molecule has 1 aliphatic heterocycles. The number of piperazine rings is 1. The first-order valence-corrected chi connectivity index (χ1v) is 8.62. The smallest absolute Gasteiger partial charge is 0.223 e. The zero-order chi connectivity index (χ0) is 16.9. The number of carbonyl (C=O) groups is 1. The van der Waals surface area contributed by atoms with Crippen molar-refractivity contribution in [2.75, 3.05) is 19.6 Å². The third kappa shape index (κ3) is 4.59. The van der Waals surface area contributed by atoms with E-state index in [2.05, 4.69) is 42.3 Å². The highest BCUT2D eigenvalue weighted by Gasteiger charge is 2.29. The minimum Gasteiger partial charge on any atom is -0.333 e. The van der Waals surface area contributed by atoms with Gasteiger partial charge in [0.15, 0.2) is 0 Å². The third-order valence-corrected chi connectivity index (χ3v) is 4.83. The van der Waals surface area contributed by atoms with E-state index < -0.39 is 0 Å². The van der Waals surface area contributed by atoms with E-state index in [0.29, 0.717) is 6.42 Å². The zero-order valence-electron chi connectivity index (χ0n) is 14.8. The van der Waals surface area contributed by atoms with Crippen LogP contribution >= 0.6 is 12.4 Å². The number of nitrogens with one attached hydrogen (secondary N) is 1. The highest BCUT2D eigenvalue weighted by atomic mass is 35.5. The summed E-state index contributed by atoms with van der Waals surface area (Å²) in [5, 5.41) is 3.39. The van der Waals surface area contributed by atoms with Gasteiger partial charge in [-0.2, -0.15) is 0 Å². The molecule has 1 saturated heterocycles. The summed E-state index contributed by atoms with van der Waals surface area (Å²) in [5.74, 6) is 0.448. The molecular weight excluding hydrogens is 334 g/mol. The van der Waals surface area contributed by atoms with Crippen molar-refractivity contribution >= 4 is 18.3 Å². The van der Waals surface area contributed by atoms with Gasteiger partial charge in [-0.3, -0.25) is 9.78 Å². The average molecular weight is 360 g/mol. The van der Waals surface area contributed by atoms with Crippen molar-refractivity contribution < 1.29 is 4.79 Å². The molecule has 0 radical (unpaired) electrons. The summed E-state index contributed by atoms with van der Waals surface area (Å²) < 4.78 is 0. The molecule has 0 spiro atoms. The first-order chi connectivity index (χ1) is 11.7. The van der Waals surface area contributed by atoms with E-state index >= 15 is 0 Å². The Morgan fingerprint density at radius 2 is 2.12 bits per heavy atom. The second kappa shape index (κ2) is 8.97. The number of nitrogens with zero attached hydrogens (tertiary/aromatic N) is 2. The molecule has 1 fully saturated rings. The van der Waals surface area contributed by atoms with Crippen LogP contribution in [0.15, 0.2) is 48.8 Å². The maximum absolute atomic E-state index is 13.0. The third-order valence-electron chi connectivity index (χ3n) is 4.83. The first-order valence-electron chi connectivity index (χ1n) is 8.62. The number of aryl methyl sites for hydroxylation is 1. The first kappa shape index (κ1) is 19.4. The fourth-order valence-electron chi connectivity index (χ4n) is 3.50. The molecule has 0 bridgehead atoms. The Kier molecular flexibility index (Phi) is 6.97. The van der Waals surface area contributed by atoms with E-state index in [4.69, 9.17) is 0 Å². The van der Waals surface area contributed by atoms with Gasteiger partial charge in [-0.25, -0.2) is 0 Å². The lowest BCUT2D eigenvalue weighted by atomic mass is 9.92. The van der Waals surface area contributed by atoms with E-state index in [1.54, 1.807) is 6.20 Å².